The molecule has 1 aliphatic carbocycles. The minimum Gasteiger partial charge on any atom is -0.353 e. The largest absolute Gasteiger partial charge is 0.353 e. The molecule has 2 fully saturated rings. The second-order valence-corrected chi connectivity index (χ2v) is 7.26. The van der Waals surface area contributed by atoms with E-state index in [0.29, 0.717) is 12.3 Å². The fourth-order valence-electron chi connectivity index (χ4n) is 4.02. The Kier molecular flexibility index (Phi) is 5.13. The third-order valence-corrected chi connectivity index (χ3v) is 5.60. The van der Waals surface area contributed by atoms with Gasteiger partial charge < -0.3 is 9.80 Å². The monoisotopic (exact) mass is 354 g/mol. The summed E-state index contributed by atoms with van der Waals surface area (Å²) < 4.78 is 1.87. The molecule has 0 spiro atoms. The first-order chi connectivity index (χ1) is 12.8. The highest BCUT2D eigenvalue weighted by atomic mass is 16.2. The molecule has 1 saturated carbocycles. The highest BCUT2D eigenvalue weighted by molar-refractivity contribution is 5.76. The van der Waals surface area contributed by atoms with Crippen LogP contribution in [0.3, 0.4) is 0 Å². The second kappa shape index (κ2) is 7.85. The first-order valence-electron chi connectivity index (χ1n) is 9.63. The molecule has 0 N–H and O–H groups in total. The molecule has 26 heavy (non-hydrogen) atoms. The average molecular weight is 354 g/mol. The Morgan fingerprint density at radius 2 is 1.85 bits per heavy atom. The molecule has 1 amide bonds. The molecule has 7 heteroatoms. The lowest BCUT2D eigenvalue weighted by Gasteiger charge is -2.35. The lowest BCUT2D eigenvalue weighted by Crippen LogP contribution is -2.49. The van der Waals surface area contributed by atoms with Crippen LogP contribution in [0.15, 0.2) is 31.1 Å². The van der Waals surface area contributed by atoms with E-state index in [1.165, 1.54) is 25.7 Å². The summed E-state index contributed by atoms with van der Waals surface area (Å²) >= 11 is 0. The number of nitrogens with zero attached hydrogens (tertiary/aromatic N) is 6. The summed E-state index contributed by atoms with van der Waals surface area (Å²) in [5, 5.41) is 0. The van der Waals surface area contributed by atoms with Gasteiger partial charge in [-0.1, -0.05) is 25.7 Å². The van der Waals surface area contributed by atoms with Gasteiger partial charge in [0, 0.05) is 51.1 Å². The van der Waals surface area contributed by atoms with Gasteiger partial charge in [0.1, 0.15) is 24.3 Å². The maximum Gasteiger partial charge on any atom is 0.222 e. The zero-order valence-corrected chi connectivity index (χ0v) is 15.1. The van der Waals surface area contributed by atoms with E-state index in [2.05, 4.69) is 19.9 Å². The molecule has 7 nitrogen and oxygen atoms in total. The Morgan fingerprint density at radius 1 is 1.08 bits per heavy atom. The van der Waals surface area contributed by atoms with Crippen LogP contribution < -0.4 is 4.90 Å². The fraction of sp³-hybridized carbons (Fsp3) is 0.579. The van der Waals surface area contributed by atoms with Crippen LogP contribution in [-0.2, 0) is 4.79 Å². The molecule has 0 atom stereocenters. The number of imidazole rings is 1. The number of amides is 1. The van der Waals surface area contributed by atoms with Gasteiger partial charge in [-0.2, -0.15) is 0 Å². The van der Waals surface area contributed by atoms with Crippen molar-refractivity contribution >= 4 is 11.7 Å². The smallest absolute Gasteiger partial charge is 0.222 e. The highest BCUT2D eigenvalue weighted by Crippen LogP contribution is 2.28. The van der Waals surface area contributed by atoms with E-state index in [-0.39, 0.29) is 0 Å². The van der Waals surface area contributed by atoms with Crippen LogP contribution in [0.4, 0.5) is 5.82 Å². The third kappa shape index (κ3) is 3.86. The molecule has 0 unspecified atom stereocenters. The van der Waals surface area contributed by atoms with Gasteiger partial charge in [-0.3, -0.25) is 9.36 Å². The molecule has 1 saturated heterocycles. The normalized spacial score (nSPS) is 18.5. The van der Waals surface area contributed by atoms with Gasteiger partial charge in [0.15, 0.2) is 0 Å². The highest BCUT2D eigenvalue weighted by Gasteiger charge is 2.23. The van der Waals surface area contributed by atoms with Gasteiger partial charge in [0.2, 0.25) is 5.91 Å². The second-order valence-electron chi connectivity index (χ2n) is 7.26. The van der Waals surface area contributed by atoms with Gasteiger partial charge >= 0.3 is 0 Å². The minimum absolute atomic E-state index is 0.318. The van der Waals surface area contributed by atoms with Crippen molar-refractivity contribution in [3.8, 4) is 5.82 Å². The van der Waals surface area contributed by atoms with E-state index in [0.717, 1.165) is 50.2 Å². The molecule has 0 bridgehead atoms. The van der Waals surface area contributed by atoms with Crippen LogP contribution in [0.25, 0.3) is 5.82 Å². The summed E-state index contributed by atoms with van der Waals surface area (Å²) in [5.74, 6) is 2.81. The quantitative estimate of drug-likeness (QED) is 0.824. The van der Waals surface area contributed by atoms with Gasteiger partial charge in [0.05, 0.1) is 0 Å². The van der Waals surface area contributed by atoms with Crippen LogP contribution in [0.2, 0.25) is 0 Å². The number of carbonyl (C=O) groups is 1. The van der Waals surface area contributed by atoms with Crippen molar-refractivity contribution in [3.63, 3.8) is 0 Å². The van der Waals surface area contributed by atoms with Crippen molar-refractivity contribution in [1.29, 1.82) is 0 Å². The van der Waals surface area contributed by atoms with Crippen molar-refractivity contribution < 1.29 is 4.79 Å². The van der Waals surface area contributed by atoms with E-state index in [1.807, 2.05) is 21.7 Å². The number of hydrogen-bond acceptors (Lipinski definition) is 5. The molecular weight excluding hydrogens is 328 g/mol. The molecule has 2 aromatic rings. The Bertz CT molecular complexity index is 717. The summed E-state index contributed by atoms with van der Waals surface area (Å²) in [6.45, 7) is 3.17. The number of anilines is 1. The summed E-state index contributed by atoms with van der Waals surface area (Å²) in [6.07, 6.45) is 14.0. The van der Waals surface area contributed by atoms with Crippen LogP contribution in [0.5, 0.6) is 0 Å². The topological polar surface area (TPSA) is 67.2 Å². The van der Waals surface area contributed by atoms with E-state index in [9.17, 15) is 4.79 Å². The first kappa shape index (κ1) is 17.0. The summed E-state index contributed by atoms with van der Waals surface area (Å²) in [7, 11) is 0. The summed E-state index contributed by atoms with van der Waals surface area (Å²) in [5.41, 5.74) is 0. The predicted molar refractivity (Wildman–Crippen MR) is 99.1 cm³/mol. The first-order valence-corrected chi connectivity index (χ1v) is 9.63. The van der Waals surface area contributed by atoms with Crippen LogP contribution in [0.1, 0.15) is 38.5 Å². The van der Waals surface area contributed by atoms with E-state index in [1.54, 1.807) is 18.9 Å². The van der Waals surface area contributed by atoms with Crippen molar-refractivity contribution in [3.05, 3.63) is 31.1 Å². The third-order valence-electron chi connectivity index (χ3n) is 5.60. The molecular formula is C19H26N6O. The van der Waals surface area contributed by atoms with Gasteiger partial charge in [-0.15, -0.1) is 0 Å². The molecule has 4 rings (SSSR count). The van der Waals surface area contributed by atoms with Gasteiger partial charge in [-0.05, 0) is 12.3 Å². The number of carbonyl (C=O) groups excluding carboxylic acids is 1. The lowest BCUT2D eigenvalue weighted by molar-refractivity contribution is -0.131. The van der Waals surface area contributed by atoms with Crippen molar-refractivity contribution in [2.24, 2.45) is 5.92 Å². The number of piperazine rings is 1. The summed E-state index contributed by atoms with van der Waals surface area (Å²) in [4.78, 5) is 29.5. The molecule has 2 aliphatic rings. The molecule has 3 heterocycles. The lowest BCUT2D eigenvalue weighted by atomic mass is 10.0. The molecule has 1 aliphatic heterocycles. The Labute approximate surface area is 154 Å². The predicted octanol–water partition coefficient (Wildman–Crippen LogP) is 2.28. The van der Waals surface area contributed by atoms with E-state index in [4.69, 9.17) is 0 Å². The van der Waals surface area contributed by atoms with E-state index < -0.39 is 0 Å². The van der Waals surface area contributed by atoms with E-state index >= 15 is 0 Å². The zero-order valence-electron chi connectivity index (χ0n) is 15.1. The Hall–Kier alpha value is -2.44. The maximum absolute atomic E-state index is 12.5. The maximum atomic E-state index is 12.5. The number of hydrogen-bond donors (Lipinski definition) is 0. The fourth-order valence-corrected chi connectivity index (χ4v) is 4.02. The molecule has 138 valence electrons. The summed E-state index contributed by atoms with van der Waals surface area (Å²) in [6, 6.07) is 1.97. The Morgan fingerprint density at radius 3 is 2.58 bits per heavy atom. The SMILES string of the molecule is O=C(CCC1CCCC1)N1CCN(c2cc(-n3ccnc3)ncn2)CC1. The number of aromatic nitrogens is 4. The molecule has 2 aromatic heterocycles. The van der Waals surface area contributed by atoms with Crippen molar-refractivity contribution in [1.82, 2.24) is 24.4 Å². The van der Waals surface area contributed by atoms with Crippen molar-refractivity contribution in [2.75, 3.05) is 31.1 Å². The minimum atomic E-state index is 0.318. The number of rotatable bonds is 5. The van der Waals surface area contributed by atoms with Crippen LogP contribution in [-0.4, -0.2) is 56.5 Å². The standard InChI is InChI=1S/C19H26N6O/c26-19(6-5-16-3-1-2-4-16)24-11-9-23(10-12-24)17-13-18(22-14-21-17)25-8-7-20-15-25/h7-8,13-16H,1-6,9-12H2. The average Bonchev–Trinajstić information content (AvgIpc) is 3.40. The Balaban J connectivity index is 1.30. The molecule has 0 radical (unpaired) electrons. The van der Waals surface area contributed by atoms with Crippen LogP contribution >= 0.6 is 0 Å². The van der Waals surface area contributed by atoms with Gasteiger partial charge in [0.25, 0.3) is 0 Å². The van der Waals surface area contributed by atoms with Gasteiger partial charge in [-0.25, -0.2) is 15.0 Å². The van der Waals surface area contributed by atoms with Crippen LogP contribution in [0, 0.1) is 5.92 Å². The zero-order chi connectivity index (χ0) is 17.8. The molecule has 0 aromatic carbocycles. The van der Waals surface area contributed by atoms with Crippen molar-refractivity contribution in [2.45, 2.75) is 38.5 Å².